The minimum absolute atomic E-state index is 0.362. The molecule has 0 atom stereocenters. The minimum Gasteiger partial charge on any atom is -0.311 e. The Bertz CT molecular complexity index is 380. The molecule has 1 aromatic rings. The molecule has 1 aromatic carbocycles. The summed E-state index contributed by atoms with van der Waals surface area (Å²) in [5.74, 6) is 0. The normalized spacial score (nSPS) is 12.6. The first-order chi connectivity index (χ1) is 7.89. The Kier molecular flexibility index (Phi) is 4.75. The molecule has 0 spiro atoms. The van der Waals surface area contributed by atoms with E-state index in [1.807, 2.05) is 19.9 Å². The van der Waals surface area contributed by atoms with E-state index in [9.17, 15) is 13.2 Å². The molecular formula is C13H16F3N. The fourth-order valence-corrected chi connectivity index (χ4v) is 1.32. The summed E-state index contributed by atoms with van der Waals surface area (Å²) in [4.78, 5) is 0. The van der Waals surface area contributed by atoms with E-state index < -0.39 is 11.7 Å². The molecule has 0 aliphatic rings. The quantitative estimate of drug-likeness (QED) is 0.849. The lowest BCUT2D eigenvalue weighted by Crippen LogP contribution is -2.22. The van der Waals surface area contributed by atoms with Gasteiger partial charge in [0, 0.05) is 12.6 Å². The Hall–Kier alpha value is -1.29. The van der Waals surface area contributed by atoms with E-state index >= 15 is 0 Å². The van der Waals surface area contributed by atoms with Crippen molar-refractivity contribution in [1.82, 2.24) is 5.32 Å². The monoisotopic (exact) mass is 243 g/mol. The molecule has 0 unspecified atom stereocenters. The first-order valence-corrected chi connectivity index (χ1v) is 5.47. The van der Waals surface area contributed by atoms with Gasteiger partial charge in [-0.15, -0.1) is 0 Å². The maximum absolute atomic E-state index is 12.4. The van der Waals surface area contributed by atoms with Crippen molar-refractivity contribution in [2.45, 2.75) is 26.1 Å². The van der Waals surface area contributed by atoms with E-state index in [0.29, 0.717) is 18.2 Å². The molecule has 0 bridgehead atoms. The van der Waals surface area contributed by atoms with Gasteiger partial charge in [0.2, 0.25) is 0 Å². The average molecular weight is 243 g/mol. The molecule has 1 rings (SSSR count). The molecule has 4 heteroatoms. The van der Waals surface area contributed by atoms with Crippen LogP contribution in [0.3, 0.4) is 0 Å². The van der Waals surface area contributed by atoms with Crippen molar-refractivity contribution in [2.75, 3.05) is 6.54 Å². The molecule has 0 amide bonds. The van der Waals surface area contributed by atoms with E-state index in [1.165, 1.54) is 6.07 Å². The van der Waals surface area contributed by atoms with Gasteiger partial charge in [0.15, 0.2) is 0 Å². The Morgan fingerprint density at radius 3 is 2.59 bits per heavy atom. The van der Waals surface area contributed by atoms with Crippen molar-refractivity contribution in [2.24, 2.45) is 0 Å². The maximum atomic E-state index is 12.4. The smallest absolute Gasteiger partial charge is 0.311 e. The third kappa shape index (κ3) is 5.04. The molecule has 0 fully saturated rings. The summed E-state index contributed by atoms with van der Waals surface area (Å²) in [6.45, 7) is 4.67. The maximum Gasteiger partial charge on any atom is 0.416 e. The van der Waals surface area contributed by atoms with Crippen LogP contribution < -0.4 is 5.32 Å². The van der Waals surface area contributed by atoms with Crippen molar-refractivity contribution in [3.8, 4) is 0 Å². The van der Waals surface area contributed by atoms with Gasteiger partial charge >= 0.3 is 6.18 Å². The van der Waals surface area contributed by atoms with E-state index in [1.54, 1.807) is 12.1 Å². The van der Waals surface area contributed by atoms with Crippen LogP contribution in [0.4, 0.5) is 13.2 Å². The highest BCUT2D eigenvalue weighted by atomic mass is 19.4. The van der Waals surface area contributed by atoms with Gasteiger partial charge in [0.1, 0.15) is 0 Å². The number of hydrogen-bond donors (Lipinski definition) is 1. The van der Waals surface area contributed by atoms with Gasteiger partial charge in [-0.1, -0.05) is 38.1 Å². The lowest BCUT2D eigenvalue weighted by molar-refractivity contribution is -0.137. The number of rotatable bonds is 4. The molecule has 0 aliphatic heterocycles. The standard InChI is InChI=1S/C13H16F3N/c1-10(2)17-8-4-6-11-5-3-7-12(9-11)13(14,15)16/h3-7,9-10,17H,8H2,1-2H3. The first kappa shape index (κ1) is 13.8. The molecule has 0 saturated heterocycles. The van der Waals surface area contributed by atoms with Crippen LogP contribution in [-0.2, 0) is 6.18 Å². The fraction of sp³-hybridized carbons (Fsp3) is 0.385. The zero-order valence-corrected chi connectivity index (χ0v) is 9.88. The molecule has 17 heavy (non-hydrogen) atoms. The van der Waals surface area contributed by atoms with Crippen LogP contribution in [0.5, 0.6) is 0 Å². The average Bonchev–Trinajstić information content (AvgIpc) is 2.23. The number of alkyl halides is 3. The fourth-order valence-electron chi connectivity index (χ4n) is 1.32. The molecule has 0 aromatic heterocycles. The molecule has 1 N–H and O–H groups in total. The van der Waals surface area contributed by atoms with Crippen molar-refractivity contribution in [3.63, 3.8) is 0 Å². The van der Waals surface area contributed by atoms with Gasteiger partial charge in [0.05, 0.1) is 5.56 Å². The van der Waals surface area contributed by atoms with Crippen molar-refractivity contribution in [1.29, 1.82) is 0 Å². The van der Waals surface area contributed by atoms with Gasteiger partial charge in [-0.25, -0.2) is 0 Å². The van der Waals surface area contributed by atoms with E-state index in [-0.39, 0.29) is 0 Å². The molecule has 0 aliphatic carbocycles. The van der Waals surface area contributed by atoms with E-state index in [4.69, 9.17) is 0 Å². The Morgan fingerprint density at radius 2 is 2.00 bits per heavy atom. The molecule has 0 heterocycles. The predicted molar refractivity (Wildman–Crippen MR) is 63.6 cm³/mol. The second-order valence-corrected chi connectivity index (χ2v) is 4.09. The Labute approximate surface area is 99.3 Å². The first-order valence-electron chi connectivity index (χ1n) is 5.47. The second kappa shape index (κ2) is 5.87. The highest BCUT2D eigenvalue weighted by Gasteiger charge is 2.30. The predicted octanol–water partition coefficient (Wildman–Crippen LogP) is 3.72. The minimum atomic E-state index is -4.28. The van der Waals surface area contributed by atoms with Gasteiger partial charge in [-0.2, -0.15) is 13.2 Å². The van der Waals surface area contributed by atoms with Gasteiger partial charge < -0.3 is 5.32 Å². The van der Waals surface area contributed by atoms with Gasteiger partial charge in [-0.3, -0.25) is 0 Å². The number of hydrogen-bond acceptors (Lipinski definition) is 1. The van der Waals surface area contributed by atoms with Crippen LogP contribution in [0.1, 0.15) is 25.0 Å². The number of halogens is 3. The third-order valence-corrected chi connectivity index (χ3v) is 2.17. The lowest BCUT2D eigenvalue weighted by atomic mass is 10.1. The lowest BCUT2D eigenvalue weighted by Gasteiger charge is -2.07. The largest absolute Gasteiger partial charge is 0.416 e. The van der Waals surface area contributed by atoms with Crippen LogP contribution in [0.2, 0.25) is 0 Å². The summed E-state index contributed by atoms with van der Waals surface area (Å²) < 4.78 is 37.3. The highest BCUT2D eigenvalue weighted by Crippen LogP contribution is 2.29. The Morgan fingerprint density at radius 1 is 1.29 bits per heavy atom. The van der Waals surface area contributed by atoms with E-state index in [0.717, 1.165) is 12.1 Å². The van der Waals surface area contributed by atoms with E-state index in [2.05, 4.69) is 5.32 Å². The molecule has 1 nitrogen and oxygen atoms in total. The summed E-state index contributed by atoms with van der Waals surface area (Å²) >= 11 is 0. The van der Waals surface area contributed by atoms with Crippen molar-refractivity contribution >= 4 is 6.08 Å². The summed E-state index contributed by atoms with van der Waals surface area (Å²) in [5, 5.41) is 3.15. The second-order valence-electron chi connectivity index (χ2n) is 4.09. The van der Waals surface area contributed by atoms with Gasteiger partial charge in [-0.05, 0) is 17.7 Å². The van der Waals surface area contributed by atoms with Crippen LogP contribution in [0, 0.1) is 0 Å². The zero-order valence-electron chi connectivity index (χ0n) is 9.88. The van der Waals surface area contributed by atoms with Gasteiger partial charge in [0.25, 0.3) is 0 Å². The molecule has 0 radical (unpaired) electrons. The molecule has 94 valence electrons. The Balaban J connectivity index is 2.66. The highest BCUT2D eigenvalue weighted by molar-refractivity contribution is 5.50. The summed E-state index contributed by atoms with van der Waals surface area (Å²) in [6.07, 6.45) is -0.778. The topological polar surface area (TPSA) is 12.0 Å². The van der Waals surface area contributed by atoms with Crippen LogP contribution >= 0.6 is 0 Å². The van der Waals surface area contributed by atoms with Crippen molar-refractivity contribution in [3.05, 3.63) is 41.5 Å². The van der Waals surface area contributed by atoms with Crippen LogP contribution in [0.15, 0.2) is 30.3 Å². The number of benzene rings is 1. The van der Waals surface area contributed by atoms with Crippen molar-refractivity contribution < 1.29 is 13.2 Å². The molecule has 0 saturated carbocycles. The third-order valence-electron chi connectivity index (χ3n) is 2.17. The SMILES string of the molecule is CC(C)NCC=Cc1cccc(C(F)(F)F)c1. The summed E-state index contributed by atoms with van der Waals surface area (Å²) in [6, 6.07) is 5.65. The summed E-state index contributed by atoms with van der Waals surface area (Å²) in [5.41, 5.74) is -0.0538. The number of nitrogens with one attached hydrogen (secondary N) is 1. The molecular weight excluding hydrogens is 227 g/mol. The van der Waals surface area contributed by atoms with Crippen LogP contribution in [0.25, 0.3) is 6.08 Å². The zero-order chi connectivity index (χ0) is 12.9. The van der Waals surface area contributed by atoms with Crippen LogP contribution in [-0.4, -0.2) is 12.6 Å². The summed E-state index contributed by atoms with van der Waals surface area (Å²) in [7, 11) is 0.